The van der Waals surface area contributed by atoms with Crippen LogP contribution in [0.4, 0.5) is 4.39 Å². The van der Waals surface area contributed by atoms with Crippen molar-refractivity contribution in [1.29, 1.82) is 0 Å². The summed E-state index contributed by atoms with van der Waals surface area (Å²) in [6.07, 6.45) is 0.747. The molecule has 0 bridgehead atoms. The molecule has 5 nitrogen and oxygen atoms in total. The van der Waals surface area contributed by atoms with Gasteiger partial charge in [-0.05, 0) is 24.3 Å². The lowest BCUT2D eigenvalue weighted by Gasteiger charge is -2.15. The molecule has 0 aliphatic carbocycles. The summed E-state index contributed by atoms with van der Waals surface area (Å²) < 4.78 is 14.5. The van der Waals surface area contributed by atoms with Gasteiger partial charge < -0.3 is 10.4 Å². The normalized spacial score (nSPS) is 14.1. The maximum absolute atomic E-state index is 13.0. The Kier molecular flexibility index (Phi) is 3.23. The number of fused-ring (bicyclic) bond motifs is 1. The van der Waals surface area contributed by atoms with Crippen LogP contribution in [0.5, 0.6) is 0 Å². The lowest BCUT2D eigenvalue weighted by atomic mass is 10.0. The van der Waals surface area contributed by atoms with Crippen LogP contribution in [0.3, 0.4) is 0 Å². The second-order valence-corrected chi connectivity index (χ2v) is 4.76. The first-order valence-electron chi connectivity index (χ1n) is 6.42. The Morgan fingerprint density at radius 1 is 1.40 bits per heavy atom. The van der Waals surface area contributed by atoms with Crippen LogP contribution in [0, 0.1) is 5.82 Å². The van der Waals surface area contributed by atoms with E-state index in [1.807, 2.05) is 0 Å². The minimum Gasteiger partial charge on any atom is -0.480 e. The number of carbonyl (C=O) groups is 1. The highest BCUT2D eigenvalue weighted by Gasteiger charge is 2.22. The summed E-state index contributed by atoms with van der Waals surface area (Å²) in [6.45, 7) is 1.31. The van der Waals surface area contributed by atoms with E-state index in [0.717, 1.165) is 35.5 Å². The molecule has 1 aromatic heterocycles. The number of halogens is 1. The standard InChI is InChI=1S/C14H14FN3O2/c15-10-3-1-9(2-4-10)14-11-7-16-6-5-12(11)18(17-14)8-13(19)20/h1-4,16H,5-8H2,(H,19,20). The van der Waals surface area contributed by atoms with Gasteiger partial charge in [-0.1, -0.05) is 0 Å². The molecule has 0 atom stereocenters. The molecule has 0 unspecified atom stereocenters. The Balaban J connectivity index is 2.08. The van der Waals surface area contributed by atoms with E-state index in [0.29, 0.717) is 6.54 Å². The number of aliphatic carboxylic acids is 1. The van der Waals surface area contributed by atoms with Crippen molar-refractivity contribution in [3.05, 3.63) is 41.3 Å². The van der Waals surface area contributed by atoms with Gasteiger partial charge in [-0.3, -0.25) is 9.48 Å². The zero-order valence-corrected chi connectivity index (χ0v) is 10.8. The Morgan fingerprint density at radius 2 is 2.15 bits per heavy atom. The largest absolute Gasteiger partial charge is 0.480 e. The number of nitrogens with zero attached hydrogens (tertiary/aromatic N) is 2. The summed E-state index contributed by atoms with van der Waals surface area (Å²) in [4.78, 5) is 10.9. The van der Waals surface area contributed by atoms with E-state index in [1.54, 1.807) is 12.1 Å². The van der Waals surface area contributed by atoms with Crippen molar-refractivity contribution in [2.24, 2.45) is 0 Å². The lowest BCUT2D eigenvalue weighted by Crippen LogP contribution is -2.25. The molecule has 104 valence electrons. The minimum absolute atomic E-state index is 0.149. The minimum atomic E-state index is -0.917. The first-order valence-corrected chi connectivity index (χ1v) is 6.42. The summed E-state index contributed by atoms with van der Waals surface area (Å²) in [5, 5.41) is 16.6. The smallest absolute Gasteiger partial charge is 0.325 e. The third kappa shape index (κ3) is 2.30. The summed E-state index contributed by atoms with van der Waals surface area (Å²) in [6, 6.07) is 6.09. The van der Waals surface area contributed by atoms with E-state index in [1.165, 1.54) is 16.8 Å². The molecule has 3 rings (SSSR count). The third-order valence-electron chi connectivity index (χ3n) is 3.41. The fourth-order valence-corrected chi connectivity index (χ4v) is 2.52. The van der Waals surface area contributed by atoms with Gasteiger partial charge in [-0.2, -0.15) is 5.10 Å². The highest BCUT2D eigenvalue weighted by atomic mass is 19.1. The van der Waals surface area contributed by atoms with E-state index < -0.39 is 5.97 Å². The molecule has 0 saturated heterocycles. The molecule has 0 radical (unpaired) electrons. The number of hydrogen-bond donors (Lipinski definition) is 2. The Morgan fingerprint density at radius 3 is 2.85 bits per heavy atom. The predicted molar refractivity (Wildman–Crippen MR) is 70.7 cm³/mol. The molecule has 1 aliphatic heterocycles. The van der Waals surface area contributed by atoms with Gasteiger partial charge in [-0.15, -0.1) is 0 Å². The second-order valence-electron chi connectivity index (χ2n) is 4.76. The van der Waals surface area contributed by atoms with Crippen LogP contribution in [0.2, 0.25) is 0 Å². The highest BCUT2D eigenvalue weighted by molar-refractivity contribution is 5.68. The van der Waals surface area contributed by atoms with Crippen molar-refractivity contribution < 1.29 is 14.3 Å². The molecule has 0 amide bonds. The van der Waals surface area contributed by atoms with E-state index in [-0.39, 0.29) is 12.4 Å². The molecule has 2 heterocycles. The van der Waals surface area contributed by atoms with Crippen LogP contribution in [-0.2, 0) is 24.3 Å². The first-order chi connectivity index (χ1) is 9.65. The van der Waals surface area contributed by atoms with Crippen molar-refractivity contribution in [3.8, 4) is 11.3 Å². The molecule has 2 N–H and O–H groups in total. The topological polar surface area (TPSA) is 67.1 Å². The Hall–Kier alpha value is -2.21. The van der Waals surface area contributed by atoms with Crippen LogP contribution < -0.4 is 5.32 Å². The van der Waals surface area contributed by atoms with E-state index in [9.17, 15) is 9.18 Å². The Labute approximate surface area is 115 Å². The summed E-state index contributed by atoms with van der Waals surface area (Å²) >= 11 is 0. The van der Waals surface area contributed by atoms with Gasteiger partial charge in [-0.25, -0.2) is 4.39 Å². The van der Waals surface area contributed by atoms with Gasteiger partial charge >= 0.3 is 5.97 Å². The number of rotatable bonds is 3. The van der Waals surface area contributed by atoms with Crippen molar-refractivity contribution in [1.82, 2.24) is 15.1 Å². The number of carboxylic acid groups (broad SMARTS) is 1. The van der Waals surface area contributed by atoms with Crippen molar-refractivity contribution in [2.45, 2.75) is 19.5 Å². The molecule has 1 aliphatic rings. The van der Waals surface area contributed by atoms with Crippen LogP contribution in [-0.4, -0.2) is 27.4 Å². The maximum Gasteiger partial charge on any atom is 0.325 e. The van der Waals surface area contributed by atoms with Crippen LogP contribution in [0.25, 0.3) is 11.3 Å². The van der Waals surface area contributed by atoms with E-state index >= 15 is 0 Å². The fourth-order valence-electron chi connectivity index (χ4n) is 2.52. The van der Waals surface area contributed by atoms with Gasteiger partial charge in [0.25, 0.3) is 0 Å². The SMILES string of the molecule is O=C(O)Cn1nc(-c2ccc(F)cc2)c2c1CCNC2. The molecular formula is C14H14FN3O2. The molecule has 1 aromatic carbocycles. The quantitative estimate of drug-likeness (QED) is 0.889. The molecule has 0 saturated carbocycles. The average Bonchev–Trinajstić information content (AvgIpc) is 2.78. The van der Waals surface area contributed by atoms with Gasteiger partial charge in [0.15, 0.2) is 0 Å². The van der Waals surface area contributed by atoms with Crippen molar-refractivity contribution >= 4 is 5.97 Å². The maximum atomic E-state index is 13.0. The number of carboxylic acids is 1. The molecule has 0 fully saturated rings. The number of hydrogen-bond acceptors (Lipinski definition) is 3. The van der Waals surface area contributed by atoms with Gasteiger partial charge in [0.2, 0.25) is 0 Å². The number of nitrogens with one attached hydrogen (secondary N) is 1. The average molecular weight is 275 g/mol. The molecule has 2 aromatic rings. The molecular weight excluding hydrogens is 261 g/mol. The van der Waals surface area contributed by atoms with E-state index in [4.69, 9.17) is 5.11 Å². The summed E-state index contributed by atoms with van der Waals surface area (Å²) in [5.41, 5.74) is 3.48. The zero-order chi connectivity index (χ0) is 14.1. The second kappa shape index (κ2) is 5.05. The van der Waals surface area contributed by atoms with E-state index in [2.05, 4.69) is 10.4 Å². The van der Waals surface area contributed by atoms with Gasteiger partial charge in [0, 0.05) is 36.3 Å². The Bertz CT molecular complexity index is 649. The van der Waals surface area contributed by atoms with Crippen LogP contribution in [0.1, 0.15) is 11.3 Å². The van der Waals surface area contributed by atoms with Crippen molar-refractivity contribution in [2.75, 3.05) is 6.54 Å². The lowest BCUT2D eigenvalue weighted by molar-refractivity contribution is -0.137. The van der Waals surface area contributed by atoms with Crippen LogP contribution in [0.15, 0.2) is 24.3 Å². The van der Waals surface area contributed by atoms with Gasteiger partial charge in [0.05, 0.1) is 5.69 Å². The van der Waals surface area contributed by atoms with Crippen molar-refractivity contribution in [3.63, 3.8) is 0 Å². The monoisotopic (exact) mass is 275 g/mol. The summed E-state index contributed by atoms with van der Waals surface area (Å²) in [7, 11) is 0. The third-order valence-corrected chi connectivity index (χ3v) is 3.41. The summed E-state index contributed by atoms with van der Waals surface area (Å²) in [5.74, 6) is -1.22. The zero-order valence-electron chi connectivity index (χ0n) is 10.8. The molecule has 6 heteroatoms. The van der Waals surface area contributed by atoms with Crippen LogP contribution >= 0.6 is 0 Å². The fraction of sp³-hybridized carbons (Fsp3) is 0.286. The van der Waals surface area contributed by atoms with Gasteiger partial charge in [0.1, 0.15) is 12.4 Å². The highest BCUT2D eigenvalue weighted by Crippen LogP contribution is 2.27. The number of benzene rings is 1. The number of aromatic nitrogens is 2. The molecule has 20 heavy (non-hydrogen) atoms. The first kappa shape index (κ1) is 12.8. The predicted octanol–water partition coefficient (Wildman–Crippen LogP) is 1.42. The molecule has 0 spiro atoms.